The monoisotopic (exact) mass is 154 g/mol. The van der Waals surface area contributed by atoms with E-state index in [0.29, 0.717) is 6.10 Å². The van der Waals surface area contributed by atoms with E-state index in [1.165, 1.54) is 0 Å². The summed E-state index contributed by atoms with van der Waals surface area (Å²) in [4.78, 5) is 0. The fourth-order valence-corrected chi connectivity index (χ4v) is 0.850. The van der Waals surface area contributed by atoms with E-state index in [-0.39, 0.29) is 0 Å². The molecule has 1 heterocycles. The van der Waals surface area contributed by atoms with Crippen LogP contribution < -0.4 is 0 Å². The van der Waals surface area contributed by atoms with Crippen molar-refractivity contribution in [3.63, 3.8) is 0 Å². The van der Waals surface area contributed by atoms with Crippen LogP contribution in [0.15, 0.2) is 22.8 Å². The Kier molecular flexibility index (Phi) is 3.17. The van der Waals surface area contributed by atoms with Crippen LogP contribution in [0.4, 0.5) is 0 Å². The van der Waals surface area contributed by atoms with E-state index in [1.54, 1.807) is 6.26 Å². The summed E-state index contributed by atoms with van der Waals surface area (Å²) in [5.41, 5.74) is 0. The fourth-order valence-electron chi connectivity index (χ4n) is 0.850. The summed E-state index contributed by atoms with van der Waals surface area (Å²) < 4.78 is 10.5. The van der Waals surface area contributed by atoms with Gasteiger partial charge in [-0.1, -0.05) is 0 Å². The number of rotatable bonds is 4. The molecule has 62 valence electrons. The first-order valence-corrected chi connectivity index (χ1v) is 3.93. The largest absolute Gasteiger partial charge is 0.469 e. The van der Waals surface area contributed by atoms with Crippen molar-refractivity contribution in [2.45, 2.75) is 26.4 Å². The third kappa shape index (κ3) is 3.23. The molecule has 0 N–H and O–H groups in total. The van der Waals surface area contributed by atoms with Gasteiger partial charge in [0, 0.05) is 6.42 Å². The van der Waals surface area contributed by atoms with Crippen LogP contribution in [0.3, 0.4) is 0 Å². The van der Waals surface area contributed by atoms with Gasteiger partial charge >= 0.3 is 0 Å². The van der Waals surface area contributed by atoms with Gasteiger partial charge in [0.1, 0.15) is 5.76 Å². The summed E-state index contributed by atoms with van der Waals surface area (Å²) in [6.45, 7) is 4.80. The predicted molar refractivity (Wildman–Crippen MR) is 43.5 cm³/mol. The molecule has 2 heteroatoms. The highest BCUT2D eigenvalue weighted by Gasteiger charge is 1.96. The second-order valence-corrected chi connectivity index (χ2v) is 2.75. The van der Waals surface area contributed by atoms with Crippen LogP contribution in [0.1, 0.15) is 19.6 Å². The third-order valence-electron chi connectivity index (χ3n) is 1.38. The molecule has 1 aromatic rings. The minimum absolute atomic E-state index is 0.310. The van der Waals surface area contributed by atoms with Crippen molar-refractivity contribution in [3.8, 4) is 0 Å². The second-order valence-electron chi connectivity index (χ2n) is 2.75. The number of furan rings is 1. The second kappa shape index (κ2) is 4.19. The van der Waals surface area contributed by atoms with Crippen molar-refractivity contribution in [2.24, 2.45) is 0 Å². The standard InChI is InChI=1S/C9H14O2/c1-8(2)10-7-5-9-4-3-6-11-9/h3-4,6,8H,5,7H2,1-2H3. The molecule has 0 spiro atoms. The van der Waals surface area contributed by atoms with E-state index < -0.39 is 0 Å². The highest BCUT2D eigenvalue weighted by atomic mass is 16.5. The van der Waals surface area contributed by atoms with Crippen molar-refractivity contribution >= 4 is 0 Å². The average molecular weight is 154 g/mol. The molecule has 11 heavy (non-hydrogen) atoms. The molecular weight excluding hydrogens is 140 g/mol. The lowest BCUT2D eigenvalue weighted by atomic mass is 10.3. The molecule has 0 aliphatic carbocycles. The van der Waals surface area contributed by atoms with Gasteiger partial charge in [-0.2, -0.15) is 0 Å². The summed E-state index contributed by atoms with van der Waals surface area (Å²) in [5, 5.41) is 0. The van der Waals surface area contributed by atoms with Gasteiger partial charge in [-0.25, -0.2) is 0 Å². The van der Waals surface area contributed by atoms with Gasteiger partial charge in [-0.05, 0) is 26.0 Å². The lowest BCUT2D eigenvalue weighted by Crippen LogP contribution is -2.05. The molecule has 0 fully saturated rings. The summed E-state index contributed by atoms with van der Waals surface area (Å²) in [6, 6.07) is 3.86. The number of hydrogen-bond donors (Lipinski definition) is 0. The van der Waals surface area contributed by atoms with Crippen LogP contribution >= 0.6 is 0 Å². The average Bonchev–Trinajstić information content (AvgIpc) is 2.39. The van der Waals surface area contributed by atoms with E-state index in [4.69, 9.17) is 9.15 Å². The predicted octanol–water partition coefficient (Wildman–Crippen LogP) is 2.25. The highest BCUT2D eigenvalue weighted by Crippen LogP contribution is 2.01. The zero-order valence-electron chi connectivity index (χ0n) is 7.04. The summed E-state index contributed by atoms with van der Waals surface area (Å²) in [7, 11) is 0. The molecule has 1 aromatic heterocycles. The number of hydrogen-bond acceptors (Lipinski definition) is 2. The van der Waals surface area contributed by atoms with E-state index in [9.17, 15) is 0 Å². The maximum Gasteiger partial charge on any atom is 0.106 e. The first-order valence-electron chi connectivity index (χ1n) is 3.93. The fraction of sp³-hybridized carbons (Fsp3) is 0.556. The molecule has 0 radical (unpaired) electrons. The van der Waals surface area contributed by atoms with Gasteiger partial charge in [0.2, 0.25) is 0 Å². The van der Waals surface area contributed by atoms with Crippen molar-refractivity contribution in [1.29, 1.82) is 0 Å². The first-order chi connectivity index (χ1) is 5.29. The van der Waals surface area contributed by atoms with Crippen molar-refractivity contribution in [3.05, 3.63) is 24.2 Å². The number of ether oxygens (including phenoxy) is 1. The molecule has 0 saturated carbocycles. The minimum atomic E-state index is 0.310. The summed E-state index contributed by atoms with van der Waals surface area (Å²) >= 11 is 0. The van der Waals surface area contributed by atoms with Crippen molar-refractivity contribution in [1.82, 2.24) is 0 Å². The molecule has 1 rings (SSSR count). The lowest BCUT2D eigenvalue weighted by molar-refractivity contribution is 0.0788. The van der Waals surface area contributed by atoms with Crippen LogP contribution in [0, 0.1) is 0 Å². The van der Waals surface area contributed by atoms with Crippen molar-refractivity contribution < 1.29 is 9.15 Å². The Morgan fingerprint density at radius 2 is 2.36 bits per heavy atom. The van der Waals surface area contributed by atoms with Crippen LogP contribution in [0.5, 0.6) is 0 Å². The molecule has 0 unspecified atom stereocenters. The Bertz CT molecular complexity index is 177. The Balaban J connectivity index is 2.14. The highest BCUT2D eigenvalue weighted by molar-refractivity contribution is 4.97. The molecular formula is C9H14O2. The first kappa shape index (κ1) is 8.34. The maximum absolute atomic E-state index is 5.36. The zero-order chi connectivity index (χ0) is 8.10. The van der Waals surface area contributed by atoms with E-state index in [2.05, 4.69) is 0 Å². The quantitative estimate of drug-likeness (QED) is 0.663. The molecule has 0 aliphatic rings. The van der Waals surface area contributed by atoms with Crippen LogP contribution in [-0.2, 0) is 11.2 Å². The van der Waals surface area contributed by atoms with E-state index in [0.717, 1.165) is 18.8 Å². The van der Waals surface area contributed by atoms with Gasteiger partial charge in [0.05, 0.1) is 19.0 Å². The third-order valence-corrected chi connectivity index (χ3v) is 1.38. The molecule has 0 bridgehead atoms. The lowest BCUT2D eigenvalue weighted by Gasteiger charge is -2.04. The SMILES string of the molecule is CC(C)OCCc1ccco1. The molecule has 0 saturated heterocycles. The summed E-state index contributed by atoms with van der Waals surface area (Å²) in [6.07, 6.45) is 2.86. The molecule has 0 amide bonds. The normalized spacial score (nSPS) is 10.8. The zero-order valence-corrected chi connectivity index (χ0v) is 7.04. The Labute approximate surface area is 67.2 Å². The van der Waals surface area contributed by atoms with Gasteiger partial charge < -0.3 is 9.15 Å². The molecule has 0 aliphatic heterocycles. The van der Waals surface area contributed by atoms with Gasteiger partial charge in [-0.3, -0.25) is 0 Å². The summed E-state index contributed by atoms with van der Waals surface area (Å²) in [5.74, 6) is 0.991. The minimum Gasteiger partial charge on any atom is -0.469 e. The molecule has 2 nitrogen and oxygen atoms in total. The van der Waals surface area contributed by atoms with Crippen LogP contribution in [-0.4, -0.2) is 12.7 Å². The van der Waals surface area contributed by atoms with Gasteiger partial charge in [0.25, 0.3) is 0 Å². The van der Waals surface area contributed by atoms with Crippen LogP contribution in [0.25, 0.3) is 0 Å². The Morgan fingerprint density at radius 3 is 2.91 bits per heavy atom. The van der Waals surface area contributed by atoms with Gasteiger partial charge in [0.15, 0.2) is 0 Å². The van der Waals surface area contributed by atoms with E-state index in [1.807, 2.05) is 26.0 Å². The molecule has 0 atom stereocenters. The topological polar surface area (TPSA) is 22.4 Å². The van der Waals surface area contributed by atoms with Crippen LogP contribution in [0.2, 0.25) is 0 Å². The van der Waals surface area contributed by atoms with Crippen molar-refractivity contribution in [2.75, 3.05) is 6.61 Å². The van der Waals surface area contributed by atoms with Gasteiger partial charge in [-0.15, -0.1) is 0 Å². The Morgan fingerprint density at radius 1 is 1.55 bits per heavy atom. The maximum atomic E-state index is 5.36. The van der Waals surface area contributed by atoms with E-state index >= 15 is 0 Å². The molecule has 0 aromatic carbocycles. The smallest absolute Gasteiger partial charge is 0.106 e. The Hall–Kier alpha value is -0.760.